The standard InChI is InChI=1S/C22H29N5O3.C21H27N5O3/c1-13(2)23-22(29)30-15-8-7-14(11-15)18-12-20(26-25-18)24-17-5-4-6-19-16(17)9-10-21(28)27(19)3;1-12(2)22-21(28)29-15-8-6-14(10-15)17-11-18(26-25-17)23-16-5-3-4-13-7-9-19(27)24-20(13)16/h4-6,12-15H,7-11H2,1-3H3,(H,23,29)(H2,24,25,26);3-5,11-12,14-15H,6-10H2,1-2H3,(H,22,28)(H,24,27)(H2,23,25,26)/t2*14-,15+/m00/s1. The molecule has 8 rings (SSSR count). The number of fused-ring (bicyclic) bond motifs is 2. The van der Waals surface area contributed by atoms with E-state index in [-0.39, 0.29) is 54.2 Å². The first-order chi connectivity index (χ1) is 28.4. The van der Waals surface area contributed by atoms with E-state index in [9.17, 15) is 19.2 Å². The topological polar surface area (TPSA) is 207 Å². The van der Waals surface area contributed by atoms with Crippen LogP contribution in [-0.2, 0) is 31.9 Å². The van der Waals surface area contributed by atoms with E-state index in [0.29, 0.717) is 24.6 Å². The van der Waals surface area contributed by atoms with Gasteiger partial charge in [0, 0.05) is 78.7 Å². The van der Waals surface area contributed by atoms with Crippen molar-refractivity contribution in [3.8, 4) is 0 Å². The predicted molar refractivity (Wildman–Crippen MR) is 226 cm³/mol. The van der Waals surface area contributed by atoms with Gasteiger partial charge in [-0.15, -0.1) is 0 Å². The van der Waals surface area contributed by atoms with Gasteiger partial charge in [0.1, 0.15) is 12.2 Å². The summed E-state index contributed by atoms with van der Waals surface area (Å²) in [6, 6.07) is 16.0. The van der Waals surface area contributed by atoms with Crippen LogP contribution >= 0.6 is 0 Å². The van der Waals surface area contributed by atoms with Crippen LogP contribution in [0, 0.1) is 0 Å². The SMILES string of the molecule is CC(C)NC(=O)O[C@@H]1CC[C@H](c2cc(Nc3cccc4c3CCC(=O)N4C)n[nH]2)C1.CC(C)NC(=O)O[C@@H]1CC[C@H](c2cc(Nc3cccc4c3NC(=O)CC4)n[nH]2)C1. The Morgan fingerprint density at radius 2 is 1.29 bits per heavy atom. The summed E-state index contributed by atoms with van der Waals surface area (Å²) >= 11 is 0. The Morgan fingerprint density at radius 1 is 0.729 bits per heavy atom. The van der Waals surface area contributed by atoms with E-state index >= 15 is 0 Å². The number of carbonyl (C=O) groups excluding carboxylic acids is 4. The molecule has 2 aromatic carbocycles. The highest BCUT2D eigenvalue weighted by atomic mass is 16.6. The number of ether oxygens (including phenoxy) is 2. The molecular weight excluding hydrogens is 753 g/mol. The van der Waals surface area contributed by atoms with Gasteiger partial charge in [-0.3, -0.25) is 19.8 Å². The number of amides is 4. The largest absolute Gasteiger partial charge is 0.446 e. The Balaban J connectivity index is 0.000000179. The maximum absolute atomic E-state index is 12.0. The van der Waals surface area contributed by atoms with Gasteiger partial charge in [-0.25, -0.2) is 9.59 Å². The van der Waals surface area contributed by atoms with Crippen LogP contribution in [0.1, 0.15) is 113 Å². The second kappa shape index (κ2) is 18.2. The van der Waals surface area contributed by atoms with E-state index in [1.807, 2.05) is 83.3 Å². The molecule has 4 amide bonds. The molecule has 16 nitrogen and oxygen atoms in total. The number of H-pyrrole nitrogens is 2. The molecule has 0 radical (unpaired) electrons. The number of carbonyl (C=O) groups is 4. The van der Waals surface area contributed by atoms with E-state index < -0.39 is 0 Å². The number of aryl methyl sites for hydroxylation is 1. The lowest BCUT2D eigenvalue weighted by Gasteiger charge is -2.27. The number of nitrogens with zero attached hydrogens (tertiary/aromatic N) is 3. The average Bonchev–Trinajstić information content (AvgIpc) is 4.02. The number of alkyl carbamates (subject to hydrolysis) is 2. The Hall–Kier alpha value is -6.06. The molecule has 2 aromatic heterocycles. The van der Waals surface area contributed by atoms with Crippen LogP contribution in [0.15, 0.2) is 48.5 Å². The van der Waals surface area contributed by atoms with Crippen LogP contribution in [0.2, 0.25) is 0 Å². The first kappa shape index (κ1) is 41.1. The van der Waals surface area contributed by atoms with Gasteiger partial charge in [0.05, 0.1) is 11.4 Å². The highest BCUT2D eigenvalue weighted by Crippen LogP contribution is 2.39. The summed E-state index contributed by atoms with van der Waals surface area (Å²) in [4.78, 5) is 49.1. The minimum Gasteiger partial charge on any atom is -0.446 e. The lowest BCUT2D eigenvalue weighted by atomic mass is 9.99. The number of benzene rings is 2. The normalized spacial score (nSPS) is 20.9. The molecule has 0 spiro atoms. The minimum atomic E-state index is -0.353. The Bertz CT molecular complexity index is 2150. The molecule has 0 unspecified atom stereocenters. The molecule has 2 aliphatic heterocycles. The number of hydrogen-bond donors (Lipinski definition) is 7. The average molecular weight is 809 g/mol. The number of anilines is 6. The number of aromatic amines is 2. The van der Waals surface area contributed by atoms with Gasteiger partial charge >= 0.3 is 12.2 Å². The number of para-hydroxylation sites is 1. The first-order valence-corrected chi connectivity index (χ1v) is 20.8. The highest BCUT2D eigenvalue weighted by Gasteiger charge is 2.32. The molecule has 4 aromatic rings. The summed E-state index contributed by atoms with van der Waals surface area (Å²) in [6.07, 6.45) is 6.82. The van der Waals surface area contributed by atoms with Gasteiger partial charge in [0.25, 0.3) is 0 Å². The van der Waals surface area contributed by atoms with Gasteiger partial charge in [-0.05, 0) is 108 Å². The Labute approximate surface area is 344 Å². The summed E-state index contributed by atoms with van der Waals surface area (Å²) in [5, 5.41) is 30.2. The van der Waals surface area contributed by atoms with Crippen molar-refractivity contribution in [2.45, 2.75) is 128 Å². The van der Waals surface area contributed by atoms with Crippen molar-refractivity contribution in [3.63, 3.8) is 0 Å². The van der Waals surface area contributed by atoms with E-state index in [0.717, 1.165) is 102 Å². The molecule has 2 aliphatic carbocycles. The molecule has 2 fully saturated rings. The fraction of sp³-hybridized carbons (Fsp3) is 0.488. The Morgan fingerprint density at radius 3 is 1.88 bits per heavy atom. The van der Waals surface area contributed by atoms with Gasteiger partial charge in [-0.1, -0.05) is 18.2 Å². The number of nitrogens with one attached hydrogen (secondary N) is 7. The number of aromatic nitrogens is 4. The van der Waals surface area contributed by atoms with E-state index in [4.69, 9.17) is 9.47 Å². The van der Waals surface area contributed by atoms with Crippen molar-refractivity contribution < 1.29 is 28.7 Å². The van der Waals surface area contributed by atoms with Crippen molar-refractivity contribution >= 4 is 58.4 Å². The highest BCUT2D eigenvalue weighted by molar-refractivity contribution is 5.98. The van der Waals surface area contributed by atoms with Crippen LogP contribution in [0.5, 0.6) is 0 Å². The first-order valence-electron chi connectivity index (χ1n) is 20.8. The third-order valence-corrected chi connectivity index (χ3v) is 11.2. The maximum Gasteiger partial charge on any atom is 0.407 e. The molecule has 4 heterocycles. The molecule has 7 N–H and O–H groups in total. The van der Waals surface area contributed by atoms with Crippen LogP contribution < -0.4 is 31.5 Å². The quantitative estimate of drug-likeness (QED) is 0.0833. The van der Waals surface area contributed by atoms with Crippen LogP contribution in [-0.4, -0.2) is 75.7 Å². The van der Waals surface area contributed by atoms with Gasteiger partial charge in [0.2, 0.25) is 11.8 Å². The van der Waals surface area contributed by atoms with Crippen molar-refractivity contribution in [2.75, 3.05) is 27.9 Å². The van der Waals surface area contributed by atoms with Crippen molar-refractivity contribution in [1.29, 1.82) is 0 Å². The summed E-state index contributed by atoms with van der Waals surface area (Å²) < 4.78 is 11.0. The van der Waals surface area contributed by atoms with Crippen LogP contribution in [0.4, 0.5) is 44.0 Å². The van der Waals surface area contributed by atoms with Crippen LogP contribution in [0.3, 0.4) is 0 Å². The number of rotatable bonds is 10. The molecule has 59 heavy (non-hydrogen) atoms. The second-order valence-corrected chi connectivity index (χ2v) is 16.5. The molecule has 0 bridgehead atoms. The molecule has 4 atom stereocenters. The van der Waals surface area contributed by atoms with Crippen molar-refractivity contribution in [3.05, 3.63) is 71.0 Å². The van der Waals surface area contributed by atoms with E-state index in [1.165, 1.54) is 0 Å². The summed E-state index contributed by atoms with van der Waals surface area (Å²) in [5.74, 6) is 2.20. The third-order valence-electron chi connectivity index (χ3n) is 11.2. The zero-order valence-electron chi connectivity index (χ0n) is 34.4. The smallest absolute Gasteiger partial charge is 0.407 e. The molecular formula is C43H56N10O6. The summed E-state index contributed by atoms with van der Waals surface area (Å²) in [5.41, 5.74) is 7.92. The zero-order valence-corrected chi connectivity index (χ0v) is 34.4. The van der Waals surface area contributed by atoms with Crippen molar-refractivity contribution in [2.24, 2.45) is 0 Å². The fourth-order valence-corrected chi connectivity index (χ4v) is 8.31. The molecule has 4 aliphatic rings. The second-order valence-electron chi connectivity index (χ2n) is 16.5. The van der Waals surface area contributed by atoms with E-state index in [1.54, 1.807) is 4.90 Å². The minimum absolute atomic E-state index is 0.0352. The summed E-state index contributed by atoms with van der Waals surface area (Å²) in [7, 11) is 1.82. The molecule has 0 saturated heterocycles. The summed E-state index contributed by atoms with van der Waals surface area (Å²) in [6.45, 7) is 7.65. The Kier molecular flexibility index (Phi) is 12.7. The number of hydrogen-bond acceptors (Lipinski definition) is 10. The molecule has 16 heteroatoms. The lowest BCUT2D eigenvalue weighted by Crippen LogP contribution is -2.33. The molecule has 2 saturated carbocycles. The van der Waals surface area contributed by atoms with Gasteiger partial charge < -0.3 is 41.0 Å². The fourth-order valence-electron chi connectivity index (χ4n) is 8.31. The van der Waals surface area contributed by atoms with Gasteiger partial charge in [0.15, 0.2) is 11.6 Å². The lowest BCUT2D eigenvalue weighted by molar-refractivity contribution is -0.118. The molecule has 314 valence electrons. The maximum atomic E-state index is 12.0. The van der Waals surface area contributed by atoms with E-state index in [2.05, 4.69) is 47.0 Å². The van der Waals surface area contributed by atoms with Gasteiger partial charge in [-0.2, -0.15) is 10.2 Å². The predicted octanol–water partition coefficient (Wildman–Crippen LogP) is 7.64. The third kappa shape index (κ3) is 10.3. The zero-order chi connectivity index (χ0) is 41.6. The van der Waals surface area contributed by atoms with Crippen LogP contribution in [0.25, 0.3) is 0 Å². The van der Waals surface area contributed by atoms with Crippen molar-refractivity contribution in [1.82, 2.24) is 31.0 Å². The monoisotopic (exact) mass is 808 g/mol.